The molecule has 1 aromatic carbocycles. The van der Waals surface area contributed by atoms with E-state index >= 15 is 0 Å². The number of carbonyl (C=O) groups excluding carboxylic acids is 1. The lowest BCUT2D eigenvalue weighted by Crippen LogP contribution is -2.40. The number of aryl methyl sites for hydroxylation is 2. The van der Waals surface area contributed by atoms with E-state index in [1.807, 2.05) is 25.1 Å². The van der Waals surface area contributed by atoms with E-state index in [2.05, 4.69) is 12.2 Å². The average molecular weight is 280 g/mol. The molecule has 1 fully saturated rings. The summed E-state index contributed by atoms with van der Waals surface area (Å²) < 4.78 is 0. The third-order valence-electron chi connectivity index (χ3n) is 4.02. The van der Waals surface area contributed by atoms with Gasteiger partial charge in [-0.3, -0.25) is 4.79 Å². The first kappa shape index (κ1) is 14.4. The maximum absolute atomic E-state index is 12.3. The average Bonchev–Trinajstić information content (AvgIpc) is 2.58. The quantitative estimate of drug-likeness (QED) is 0.644. The van der Waals surface area contributed by atoms with E-state index in [0.29, 0.717) is 0 Å². The van der Waals surface area contributed by atoms with Gasteiger partial charge >= 0.3 is 0 Å². The molecule has 1 aliphatic carbocycles. The maximum atomic E-state index is 12.3. The van der Waals surface area contributed by atoms with Crippen molar-refractivity contribution in [2.75, 3.05) is 0 Å². The van der Waals surface area contributed by atoms with Crippen LogP contribution < -0.4 is 5.32 Å². The van der Waals surface area contributed by atoms with Crippen LogP contribution in [-0.4, -0.2) is 17.3 Å². The number of amides is 1. The first-order chi connectivity index (χ1) is 9.08. The minimum Gasteiger partial charge on any atom is -0.348 e. The Morgan fingerprint density at radius 1 is 1.16 bits per heavy atom. The van der Waals surface area contributed by atoms with Crippen LogP contribution in [0.2, 0.25) is 0 Å². The Kier molecular flexibility index (Phi) is 4.87. The van der Waals surface area contributed by atoms with Crippen molar-refractivity contribution in [2.24, 2.45) is 0 Å². The molecule has 0 radical (unpaired) electrons. The lowest BCUT2D eigenvalue weighted by Gasteiger charge is -2.21. The molecule has 2 atom stereocenters. The molecular formula is C16H22ClNO. The lowest BCUT2D eigenvalue weighted by atomic mass is 10.0. The van der Waals surface area contributed by atoms with Crippen LogP contribution in [0.5, 0.6) is 0 Å². The van der Waals surface area contributed by atoms with Crippen LogP contribution >= 0.6 is 11.6 Å². The lowest BCUT2D eigenvalue weighted by molar-refractivity contribution is 0.0934. The summed E-state index contributed by atoms with van der Waals surface area (Å²) in [6, 6.07) is 5.94. The van der Waals surface area contributed by atoms with Gasteiger partial charge in [-0.15, -0.1) is 11.6 Å². The molecule has 0 aromatic heterocycles. The van der Waals surface area contributed by atoms with Gasteiger partial charge in [-0.05, 0) is 49.9 Å². The van der Waals surface area contributed by atoms with Gasteiger partial charge in [-0.2, -0.15) is 0 Å². The van der Waals surface area contributed by atoms with Crippen LogP contribution in [0, 0.1) is 13.8 Å². The van der Waals surface area contributed by atoms with E-state index in [0.717, 1.165) is 30.4 Å². The van der Waals surface area contributed by atoms with E-state index in [-0.39, 0.29) is 17.3 Å². The van der Waals surface area contributed by atoms with Crippen LogP contribution in [0.4, 0.5) is 0 Å². The summed E-state index contributed by atoms with van der Waals surface area (Å²) in [6.45, 7) is 4.08. The van der Waals surface area contributed by atoms with Gasteiger partial charge in [0.2, 0.25) is 0 Å². The number of nitrogens with one attached hydrogen (secondary N) is 1. The van der Waals surface area contributed by atoms with Gasteiger partial charge in [-0.25, -0.2) is 0 Å². The number of alkyl halides is 1. The number of carbonyl (C=O) groups is 1. The van der Waals surface area contributed by atoms with E-state index in [1.54, 1.807) is 0 Å². The fourth-order valence-corrected chi connectivity index (χ4v) is 2.90. The standard InChI is InChI=1S/C16H22ClNO/c1-11-8-9-13(10-12(11)2)16(19)18-15-7-5-3-4-6-14(15)17/h8-10,14-15H,3-7H2,1-2H3,(H,18,19). The summed E-state index contributed by atoms with van der Waals surface area (Å²) in [7, 11) is 0. The van der Waals surface area contributed by atoms with Gasteiger partial charge in [0, 0.05) is 11.6 Å². The molecular weight excluding hydrogens is 258 g/mol. The monoisotopic (exact) mass is 279 g/mol. The molecule has 2 unspecified atom stereocenters. The Hall–Kier alpha value is -1.02. The molecule has 0 saturated heterocycles. The number of hydrogen-bond acceptors (Lipinski definition) is 1. The van der Waals surface area contributed by atoms with E-state index < -0.39 is 0 Å². The van der Waals surface area contributed by atoms with E-state index in [1.165, 1.54) is 18.4 Å². The van der Waals surface area contributed by atoms with Crippen LogP contribution in [0.3, 0.4) is 0 Å². The van der Waals surface area contributed by atoms with Crippen molar-refractivity contribution in [2.45, 2.75) is 57.4 Å². The van der Waals surface area contributed by atoms with Gasteiger partial charge in [0.25, 0.3) is 5.91 Å². The Bertz CT molecular complexity index is 458. The van der Waals surface area contributed by atoms with Gasteiger partial charge in [-0.1, -0.05) is 25.3 Å². The molecule has 0 spiro atoms. The predicted molar refractivity (Wildman–Crippen MR) is 79.9 cm³/mol. The van der Waals surface area contributed by atoms with Crippen LogP contribution in [0.25, 0.3) is 0 Å². The Balaban J connectivity index is 2.05. The number of halogens is 1. The van der Waals surface area contributed by atoms with Crippen molar-refractivity contribution in [3.05, 3.63) is 34.9 Å². The van der Waals surface area contributed by atoms with Crippen molar-refractivity contribution in [1.82, 2.24) is 5.32 Å². The second-order valence-corrected chi connectivity index (χ2v) is 6.09. The molecule has 1 saturated carbocycles. The highest BCUT2D eigenvalue weighted by molar-refractivity contribution is 6.21. The molecule has 1 aliphatic rings. The fraction of sp³-hybridized carbons (Fsp3) is 0.562. The van der Waals surface area contributed by atoms with Crippen molar-refractivity contribution < 1.29 is 4.79 Å². The molecule has 3 heteroatoms. The van der Waals surface area contributed by atoms with Crippen molar-refractivity contribution in [1.29, 1.82) is 0 Å². The summed E-state index contributed by atoms with van der Waals surface area (Å²) in [5, 5.41) is 3.17. The highest BCUT2D eigenvalue weighted by atomic mass is 35.5. The first-order valence-corrected chi connectivity index (χ1v) is 7.54. The van der Waals surface area contributed by atoms with E-state index in [4.69, 9.17) is 11.6 Å². The summed E-state index contributed by atoms with van der Waals surface area (Å²) in [5.41, 5.74) is 3.09. The van der Waals surface area contributed by atoms with Gasteiger partial charge in [0.1, 0.15) is 0 Å². The van der Waals surface area contributed by atoms with Crippen LogP contribution in [0.1, 0.15) is 53.6 Å². The molecule has 0 bridgehead atoms. The third kappa shape index (κ3) is 3.73. The molecule has 2 nitrogen and oxygen atoms in total. The number of rotatable bonds is 2. The van der Waals surface area contributed by atoms with Crippen molar-refractivity contribution in [3.63, 3.8) is 0 Å². The normalized spacial score (nSPS) is 23.7. The topological polar surface area (TPSA) is 29.1 Å². The van der Waals surface area contributed by atoms with Crippen LogP contribution in [-0.2, 0) is 0 Å². The molecule has 1 N–H and O–H groups in total. The smallest absolute Gasteiger partial charge is 0.251 e. The Morgan fingerprint density at radius 2 is 1.89 bits per heavy atom. The number of benzene rings is 1. The van der Waals surface area contributed by atoms with Gasteiger partial charge in [0.15, 0.2) is 0 Å². The second kappa shape index (κ2) is 6.42. The molecule has 104 valence electrons. The van der Waals surface area contributed by atoms with Crippen molar-refractivity contribution >= 4 is 17.5 Å². The SMILES string of the molecule is Cc1ccc(C(=O)NC2CCCCCC2Cl)cc1C. The number of hydrogen-bond donors (Lipinski definition) is 1. The van der Waals surface area contributed by atoms with Gasteiger partial charge in [0.05, 0.1) is 5.38 Å². The van der Waals surface area contributed by atoms with Crippen molar-refractivity contribution in [3.8, 4) is 0 Å². The fourth-order valence-electron chi connectivity index (χ4n) is 2.56. The summed E-state index contributed by atoms with van der Waals surface area (Å²) in [6.07, 6.45) is 5.54. The summed E-state index contributed by atoms with van der Waals surface area (Å²) >= 11 is 6.36. The molecule has 19 heavy (non-hydrogen) atoms. The largest absolute Gasteiger partial charge is 0.348 e. The highest BCUT2D eigenvalue weighted by Crippen LogP contribution is 2.22. The predicted octanol–water partition coefficient (Wildman–Crippen LogP) is 3.97. The Labute approximate surface area is 120 Å². The molecule has 1 amide bonds. The third-order valence-corrected chi connectivity index (χ3v) is 4.54. The second-order valence-electron chi connectivity index (χ2n) is 5.53. The van der Waals surface area contributed by atoms with E-state index in [9.17, 15) is 4.79 Å². The summed E-state index contributed by atoms with van der Waals surface area (Å²) in [4.78, 5) is 12.3. The van der Waals surface area contributed by atoms with Gasteiger partial charge < -0.3 is 5.32 Å². The first-order valence-electron chi connectivity index (χ1n) is 7.10. The maximum Gasteiger partial charge on any atom is 0.251 e. The minimum atomic E-state index is 0.000602. The molecule has 0 aliphatic heterocycles. The minimum absolute atomic E-state index is 0.000602. The highest BCUT2D eigenvalue weighted by Gasteiger charge is 2.23. The zero-order valence-corrected chi connectivity index (χ0v) is 12.5. The molecule has 2 rings (SSSR count). The molecule has 0 heterocycles. The zero-order valence-electron chi connectivity index (χ0n) is 11.7. The Morgan fingerprint density at radius 3 is 2.63 bits per heavy atom. The summed E-state index contributed by atoms with van der Waals surface area (Å²) in [5.74, 6) is 0.000602. The molecule has 1 aromatic rings. The zero-order chi connectivity index (χ0) is 13.8. The van der Waals surface area contributed by atoms with Crippen LogP contribution in [0.15, 0.2) is 18.2 Å².